The highest BCUT2D eigenvalue weighted by Crippen LogP contribution is 2.29. The Morgan fingerprint density at radius 3 is 2.17 bits per heavy atom. The number of fused-ring (bicyclic) bond motifs is 1. The van der Waals surface area contributed by atoms with Gasteiger partial charge in [0, 0.05) is 50.2 Å². The summed E-state index contributed by atoms with van der Waals surface area (Å²) in [5, 5.41) is 1.05. The molecule has 1 aromatic heterocycles. The van der Waals surface area contributed by atoms with Crippen molar-refractivity contribution in [2.45, 2.75) is 19.4 Å². The average Bonchev–Trinajstić information content (AvgIpc) is 2.89. The lowest BCUT2D eigenvalue weighted by Crippen LogP contribution is -2.48. The molecule has 0 spiro atoms. The quantitative estimate of drug-likeness (QED) is 0.370. The van der Waals surface area contributed by atoms with Crippen LogP contribution >= 0.6 is 0 Å². The van der Waals surface area contributed by atoms with Crippen LogP contribution in [-0.4, -0.2) is 54.1 Å². The fourth-order valence-electron chi connectivity index (χ4n) is 5.11. The average molecular weight is 468 g/mol. The summed E-state index contributed by atoms with van der Waals surface area (Å²) < 4.78 is 6.00. The number of aromatic nitrogens is 1. The Kier molecular flexibility index (Phi) is 7.26. The molecule has 0 radical (unpaired) electrons. The van der Waals surface area contributed by atoms with Crippen molar-refractivity contribution in [3.05, 3.63) is 112 Å². The molecule has 4 aromatic rings. The molecule has 2 heterocycles. The van der Waals surface area contributed by atoms with Gasteiger partial charge in [0.2, 0.25) is 5.56 Å². The molecule has 0 amide bonds. The van der Waals surface area contributed by atoms with E-state index in [4.69, 9.17) is 4.74 Å². The second-order valence-corrected chi connectivity index (χ2v) is 9.33. The molecule has 1 aliphatic rings. The monoisotopic (exact) mass is 467 g/mol. The van der Waals surface area contributed by atoms with Crippen LogP contribution in [0.4, 0.5) is 0 Å². The molecule has 3 aromatic carbocycles. The molecule has 5 heteroatoms. The molecule has 35 heavy (non-hydrogen) atoms. The van der Waals surface area contributed by atoms with Gasteiger partial charge < -0.3 is 14.6 Å². The Bertz CT molecular complexity index is 1260. The van der Waals surface area contributed by atoms with E-state index in [1.807, 2.05) is 25.1 Å². The second-order valence-electron chi connectivity index (χ2n) is 9.33. The first kappa shape index (κ1) is 23.3. The lowest BCUT2D eigenvalue weighted by molar-refractivity contribution is 0.105. The van der Waals surface area contributed by atoms with Gasteiger partial charge in [-0.2, -0.15) is 0 Å². The van der Waals surface area contributed by atoms with Crippen LogP contribution in [0.25, 0.3) is 10.9 Å². The number of aromatic amines is 1. The van der Waals surface area contributed by atoms with Crippen molar-refractivity contribution in [1.29, 1.82) is 0 Å². The van der Waals surface area contributed by atoms with Crippen LogP contribution in [0.1, 0.15) is 29.2 Å². The molecule has 0 bridgehead atoms. The molecule has 5 rings (SSSR count). The fraction of sp³-hybridized carbons (Fsp3) is 0.300. The van der Waals surface area contributed by atoms with Crippen molar-refractivity contribution in [3.8, 4) is 5.75 Å². The molecule has 0 aliphatic carbocycles. The highest BCUT2D eigenvalue weighted by Gasteiger charge is 2.26. The van der Waals surface area contributed by atoms with Crippen molar-refractivity contribution < 1.29 is 4.74 Å². The summed E-state index contributed by atoms with van der Waals surface area (Å²) in [5.74, 6) is 0.803. The maximum absolute atomic E-state index is 11.8. The standard InChI is InChI=1S/C30H33N3O2/c1-23-21-29(34)31-28-22-26(13-14-27(23)28)35-20-8-15-32-16-18-33(19-17-32)30(24-9-4-2-5-10-24)25-11-6-3-7-12-25/h2-7,9-14,21-22,30H,8,15-20H2,1H3,(H,31,34). The van der Waals surface area contributed by atoms with Gasteiger partial charge in [-0.1, -0.05) is 60.7 Å². The van der Waals surface area contributed by atoms with E-state index in [0.717, 1.165) is 61.4 Å². The molecule has 0 saturated carbocycles. The molecule has 0 unspecified atom stereocenters. The normalized spacial score (nSPS) is 15.0. The molecular formula is C30H33N3O2. The zero-order valence-corrected chi connectivity index (χ0v) is 20.3. The highest BCUT2D eigenvalue weighted by molar-refractivity contribution is 5.82. The van der Waals surface area contributed by atoms with Crippen LogP contribution in [0.15, 0.2) is 89.7 Å². The SMILES string of the molecule is Cc1cc(=O)[nH]c2cc(OCCCN3CCN(C(c4ccccc4)c4ccccc4)CC3)ccc12. The number of pyridine rings is 1. The zero-order chi connectivity index (χ0) is 24.0. The number of ether oxygens (including phenoxy) is 1. The van der Waals surface area contributed by atoms with Crippen LogP contribution in [-0.2, 0) is 0 Å². The van der Waals surface area contributed by atoms with E-state index >= 15 is 0 Å². The van der Waals surface area contributed by atoms with E-state index in [9.17, 15) is 4.79 Å². The lowest BCUT2D eigenvalue weighted by atomic mass is 9.96. The number of H-pyrrole nitrogens is 1. The molecule has 5 nitrogen and oxygen atoms in total. The topological polar surface area (TPSA) is 48.6 Å². The van der Waals surface area contributed by atoms with Crippen LogP contribution in [0.2, 0.25) is 0 Å². The third-order valence-electron chi connectivity index (χ3n) is 6.91. The molecule has 0 atom stereocenters. The van der Waals surface area contributed by atoms with Crippen molar-refractivity contribution >= 4 is 10.9 Å². The Morgan fingerprint density at radius 2 is 1.51 bits per heavy atom. The maximum Gasteiger partial charge on any atom is 0.248 e. The number of nitrogens with zero attached hydrogens (tertiary/aromatic N) is 2. The summed E-state index contributed by atoms with van der Waals surface area (Å²) in [4.78, 5) is 19.8. The first-order chi connectivity index (χ1) is 17.2. The summed E-state index contributed by atoms with van der Waals surface area (Å²) in [7, 11) is 0. The molecular weight excluding hydrogens is 434 g/mol. The molecule has 1 N–H and O–H groups in total. The summed E-state index contributed by atoms with van der Waals surface area (Å²) in [5.41, 5.74) is 4.44. The minimum atomic E-state index is -0.0759. The molecule has 1 saturated heterocycles. The van der Waals surface area contributed by atoms with Gasteiger partial charge in [-0.05, 0) is 42.2 Å². The Balaban J connectivity index is 1.13. The van der Waals surface area contributed by atoms with Gasteiger partial charge in [0.25, 0.3) is 0 Å². The predicted octanol–water partition coefficient (Wildman–Crippen LogP) is 5.01. The number of hydrogen-bond acceptors (Lipinski definition) is 4. The van der Waals surface area contributed by atoms with E-state index in [1.165, 1.54) is 11.1 Å². The minimum absolute atomic E-state index is 0.0759. The van der Waals surface area contributed by atoms with E-state index in [0.29, 0.717) is 12.6 Å². The third kappa shape index (κ3) is 5.64. The number of hydrogen-bond donors (Lipinski definition) is 1. The number of aryl methyl sites for hydroxylation is 1. The van der Waals surface area contributed by atoms with Crippen molar-refractivity contribution in [2.75, 3.05) is 39.3 Å². The highest BCUT2D eigenvalue weighted by atomic mass is 16.5. The van der Waals surface area contributed by atoms with Gasteiger partial charge in [-0.15, -0.1) is 0 Å². The van der Waals surface area contributed by atoms with Crippen LogP contribution < -0.4 is 10.3 Å². The van der Waals surface area contributed by atoms with E-state index < -0.39 is 0 Å². The summed E-state index contributed by atoms with van der Waals surface area (Å²) in [6.07, 6.45) is 0.975. The number of piperazine rings is 1. The zero-order valence-electron chi connectivity index (χ0n) is 20.3. The number of benzene rings is 3. The van der Waals surface area contributed by atoms with E-state index in [-0.39, 0.29) is 5.56 Å². The fourth-order valence-corrected chi connectivity index (χ4v) is 5.11. The predicted molar refractivity (Wildman–Crippen MR) is 142 cm³/mol. The van der Waals surface area contributed by atoms with Gasteiger partial charge in [0.1, 0.15) is 5.75 Å². The van der Waals surface area contributed by atoms with Crippen molar-refractivity contribution in [1.82, 2.24) is 14.8 Å². The summed E-state index contributed by atoms with van der Waals surface area (Å²) >= 11 is 0. The lowest BCUT2D eigenvalue weighted by Gasteiger charge is -2.39. The Morgan fingerprint density at radius 1 is 0.857 bits per heavy atom. The largest absolute Gasteiger partial charge is 0.493 e. The van der Waals surface area contributed by atoms with Crippen LogP contribution in [0, 0.1) is 6.92 Å². The molecule has 180 valence electrons. The van der Waals surface area contributed by atoms with E-state index in [2.05, 4.69) is 75.4 Å². The van der Waals surface area contributed by atoms with Gasteiger partial charge in [-0.3, -0.25) is 9.69 Å². The Labute approximate surface area is 207 Å². The summed E-state index contributed by atoms with van der Waals surface area (Å²) in [6, 6.07) is 29.5. The van der Waals surface area contributed by atoms with Gasteiger partial charge in [0.05, 0.1) is 18.2 Å². The van der Waals surface area contributed by atoms with E-state index in [1.54, 1.807) is 6.07 Å². The van der Waals surface area contributed by atoms with Crippen molar-refractivity contribution in [3.63, 3.8) is 0 Å². The first-order valence-corrected chi connectivity index (χ1v) is 12.5. The molecule has 1 aliphatic heterocycles. The smallest absolute Gasteiger partial charge is 0.248 e. The van der Waals surface area contributed by atoms with Crippen LogP contribution in [0.3, 0.4) is 0 Å². The minimum Gasteiger partial charge on any atom is -0.493 e. The van der Waals surface area contributed by atoms with Crippen molar-refractivity contribution in [2.24, 2.45) is 0 Å². The first-order valence-electron chi connectivity index (χ1n) is 12.5. The van der Waals surface area contributed by atoms with Gasteiger partial charge >= 0.3 is 0 Å². The maximum atomic E-state index is 11.8. The van der Waals surface area contributed by atoms with Crippen LogP contribution in [0.5, 0.6) is 5.75 Å². The van der Waals surface area contributed by atoms with Gasteiger partial charge in [-0.25, -0.2) is 0 Å². The second kappa shape index (κ2) is 10.9. The number of nitrogens with one attached hydrogen (secondary N) is 1. The number of rotatable bonds is 8. The third-order valence-corrected chi connectivity index (χ3v) is 6.91. The molecule has 1 fully saturated rings. The summed E-state index contributed by atoms with van der Waals surface area (Å²) in [6.45, 7) is 7.87. The van der Waals surface area contributed by atoms with Gasteiger partial charge in [0.15, 0.2) is 0 Å². The Hall–Kier alpha value is -3.41.